The van der Waals surface area contributed by atoms with E-state index in [-0.39, 0.29) is 19.0 Å². The number of carboxylic acids is 1. The first-order valence-electron chi connectivity index (χ1n) is 6.68. The molecule has 0 saturated heterocycles. The SMILES string of the molecule is COCCN(CC(=O)O)C(=O)C1(N)CCCC(C)C1. The highest BCUT2D eigenvalue weighted by Crippen LogP contribution is 2.31. The number of aliphatic carboxylic acids is 1. The van der Waals surface area contributed by atoms with Gasteiger partial charge < -0.3 is 20.5 Å². The lowest BCUT2D eigenvalue weighted by atomic mass is 9.76. The third-order valence-electron chi connectivity index (χ3n) is 3.64. The van der Waals surface area contributed by atoms with E-state index in [4.69, 9.17) is 15.6 Å². The van der Waals surface area contributed by atoms with Gasteiger partial charge in [0.25, 0.3) is 0 Å². The first-order chi connectivity index (χ1) is 8.89. The number of amides is 1. The number of methoxy groups -OCH3 is 1. The average Bonchev–Trinajstić information content (AvgIpc) is 2.32. The lowest BCUT2D eigenvalue weighted by Crippen LogP contribution is -2.58. The zero-order valence-electron chi connectivity index (χ0n) is 11.7. The number of hydrogen-bond acceptors (Lipinski definition) is 4. The zero-order chi connectivity index (χ0) is 14.5. The smallest absolute Gasteiger partial charge is 0.323 e. The Labute approximate surface area is 113 Å². The van der Waals surface area contributed by atoms with Crippen LogP contribution in [0.2, 0.25) is 0 Å². The summed E-state index contributed by atoms with van der Waals surface area (Å²) in [5.74, 6) is -0.896. The summed E-state index contributed by atoms with van der Waals surface area (Å²) >= 11 is 0. The van der Waals surface area contributed by atoms with Gasteiger partial charge in [-0.05, 0) is 18.8 Å². The van der Waals surface area contributed by atoms with E-state index < -0.39 is 11.5 Å². The number of hydrogen-bond donors (Lipinski definition) is 2. The molecule has 0 aliphatic heterocycles. The van der Waals surface area contributed by atoms with E-state index in [9.17, 15) is 9.59 Å². The molecule has 0 bridgehead atoms. The van der Waals surface area contributed by atoms with E-state index in [0.29, 0.717) is 25.4 Å². The largest absolute Gasteiger partial charge is 0.480 e. The highest BCUT2D eigenvalue weighted by Gasteiger charge is 2.40. The minimum Gasteiger partial charge on any atom is -0.480 e. The van der Waals surface area contributed by atoms with Crippen LogP contribution in [0.5, 0.6) is 0 Å². The normalized spacial score (nSPS) is 27.0. The van der Waals surface area contributed by atoms with Gasteiger partial charge in [-0.2, -0.15) is 0 Å². The van der Waals surface area contributed by atoms with Crippen LogP contribution in [0.3, 0.4) is 0 Å². The molecule has 1 aliphatic rings. The second-order valence-corrected chi connectivity index (χ2v) is 5.47. The van der Waals surface area contributed by atoms with Crippen molar-refractivity contribution in [2.45, 2.75) is 38.1 Å². The summed E-state index contributed by atoms with van der Waals surface area (Å²) in [5.41, 5.74) is 5.30. The van der Waals surface area contributed by atoms with E-state index in [1.165, 1.54) is 12.0 Å². The van der Waals surface area contributed by atoms with Gasteiger partial charge >= 0.3 is 5.97 Å². The number of nitrogens with zero attached hydrogens (tertiary/aromatic N) is 1. The molecule has 2 unspecified atom stereocenters. The van der Waals surface area contributed by atoms with Gasteiger partial charge in [-0.25, -0.2) is 0 Å². The van der Waals surface area contributed by atoms with Crippen molar-refractivity contribution in [3.8, 4) is 0 Å². The van der Waals surface area contributed by atoms with Crippen molar-refractivity contribution >= 4 is 11.9 Å². The van der Waals surface area contributed by atoms with Gasteiger partial charge in [-0.3, -0.25) is 9.59 Å². The minimum absolute atomic E-state index is 0.259. The second-order valence-electron chi connectivity index (χ2n) is 5.47. The Morgan fingerprint density at radius 2 is 2.21 bits per heavy atom. The maximum atomic E-state index is 12.5. The van der Waals surface area contributed by atoms with Gasteiger partial charge in [-0.1, -0.05) is 19.8 Å². The van der Waals surface area contributed by atoms with Crippen molar-refractivity contribution < 1.29 is 19.4 Å². The Bertz CT molecular complexity index is 335. The number of ether oxygens (including phenoxy) is 1. The van der Waals surface area contributed by atoms with Crippen molar-refractivity contribution in [1.82, 2.24) is 4.90 Å². The summed E-state index contributed by atoms with van der Waals surface area (Å²) in [6, 6.07) is 0. The fraction of sp³-hybridized carbons (Fsp3) is 0.846. The fourth-order valence-corrected chi connectivity index (χ4v) is 2.72. The Morgan fingerprint density at radius 3 is 2.74 bits per heavy atom. The van der Waals surface area contributed by atoms with Gasteiger partial charge in [-0.15, -0.1) is 0 Å². The zero-order valence-corrected chi connectivity index (χ0v) is 11.7. The molecule has 0 radical (unpaired) electrons. The summed E-state index contributed by atoms with van der Waals surface area (Å²) < 4.78 is 4.92. The number of carbonyl (C=O) groups excluding carboxylic acids is 1. The van der Waals surface area contributed by atoms with Crippen LogP contribution in [0.1, 0.15) is 32.6 Å². The molecule has 1 rings (SSSR count). The van der Waals surface area contributed by atoms with Gasteiger partial charge in [0.05, 0.1) is 12.1 Å². The van der Waals surface area contributed by atoms with E-state index in [1.54, 1.807) is 0 Å². The first kappa shape index (κ1) is 15.9. The molecule has 1 saturated carbocycles. The van der Waals surface area contributed by atoms with Crippen LogP contribution < -0.4 is 5.73 Å². The summed E-state index contributed by atoms with van der Waals surface area (Å²) in [7, 11) is 1.52. The van der Waals surface area contributed by atoms with E-state index in [0.717, 1.165) is 12.8 Å². The van der Waals surface area contributed by atoms with Crippen molar-refractivity contribution in [2.24, 2.45) is 11.7 Å². The predicted octanol–water partition coefficient (Wildman–Crippen LogP) is 0.454. The van der Waals surface area contributed by atoms with Crippen LogP contribution in [0.15, 0.2) is 0 Å². The Morgan fingerprint density at radius 1 is 1.53 bits per heavy atom. The topological polar surface area (TPSA) is 92.9 Å². The Balaban J connectivity index is 2.75. The molecule has 110 valence electrons. The molecule has 0 aromatic rings. The standard InChI is InChI=1S/C13H24N2O4/c1-10-4-3-5-13(14,8-10)12(18)15(6-7-19-2)9-11(16)17/h10H,3-9,14H2,1-2H3,(H,16,17). The van der Waals surface area contributed by atoms with Gasteiger partial charge in [0.1, 0.15) is 6.54 Å². The predicted molar refractivity (Wildman–Crippen MR) is 70.6 cm³/mol. The molecule has 0 aromatic heterocycles. The molecule has 3 N–H and O–H groups in total. The number of carbonyl (C=O) groups is 2. The van der Waals surface area contributed by atoms with Crippen molar-refractivity contribution in [3.63, 3.8) is 0 Å². The van der Waals surface area contributed by atoms with Crippen LogP contribution in [0, 0.1) is 5.92 Å². The maximum Gasteiger partial charge on any atom is 0.323 e. The quantitative estimate of drug-likeness (QED) is 0.732. The maximum absolute atomic E-state index is 12.5. The number of carboxylic acid groups (broad SMARTS) is 1. The molecule has 0 spiro atoms. The molecular formula is C13H24N2O4. The van der Waals surface area contributed by atoms with Crippen LogP contribution in [0.25, 0.3) is 0 Å². The van der Waals surface area contributed by atoms with E-state index in [1.807, 2.05) is 0 Å². The van der Waals surface area contributed by atoms with Gasteiger partial charge in [0.15, 0.2) is 0 Å². The summed E-state index contributed by atoms with van der Waals surface area (Å²) in [5, 5.41) is 8.89. The fourth-order valence-electron chi connectivity index (χ4n) is 2.72. The highest BCUT2D eigenvalue weighted by molar-refractivity contribution is 5.88. The van der Waals surface area contributed by atoms with Crippen LogP contribution >= 0.6 is 0 Å². The van der Waals surface area contributed by atoms with E-state index in [2.05, 4.69) is 6.92 Å². The molecule has 0 aromatic carbocycles. The molecule has 0 heterocycles. The molecule has 1 amide bonds. The molecular weight excluding hydrogens is 248 g/mol. The van der Waals surface area contributed by atoms with Crippen molar-refractivity contribution in [2.75, 3.05) is 26.8 Å². The molecule has 1 fully saturated rings. The monoisotopic (exact) mass is 272 g/mol. The molecule has 19 heavy (non-hydrogen) atoms. The minimum atomic E-state index is -1.03. The third-order valence-corrected chi connectivity index (χ3v) is 3.64. The molecule has 6 nitrogen and oxygen atoms in total. The van der Waals surface area contributed by atoms with Crippen LogP contribution in [-0.4, -0.2) is 54.2 Å². The summed E-state index contributed by atoms with van der Waals surface area (Å²) in [4.78, 5) is 24.6. The lowest BCUT2D eigenvalue weighted by molar-refractivity contribution is -0.148. The first-order valence-corrected chi connectivity index (χ1v) is 6.68. The van der Waals surface area contributed by atoms with Crippen LogP contribution in [0.4, 0.5) is 0 Å². The second kappa shape index (κ2) is 6.86. The Kier molecular flexibility index (Phi) is 5.75. The molecule has 6 heteroatoms. The number of nitrogens with two attached hydrogens (primary N) is 1. The molecule has 2 atom stereocenters. The summed E-state index contributed by atoms with van der Waals surface area (Å²) in [6.07, 6.45) is 3.23. The highest BCUT2D eigenvalue weighted by atomic mass is 16.5. The van der Waals surface area contributed by atoms with E-state index >= 15 is 0 Å². The summed E-state index contributed by atoms with van der Waals surface area (Å²) in [6.45, 7) is 2.32. The Hall–Kier alpha value is -1.14. The third kappa shape index (κ3) is 4.47. The van der Waals surface area contributed by atoms with Crippen LogP contribution in [-0.2, 0) is 14.3 Å². The van der Waals surface area contributed by atoms with Crippen molar-refractivity contribution in [3.05, 3.63) is 0 Å². The molecule has 1 aliphatic carbocycles. The lowest BCUT2D eigenvalue weighted by Gasteiger charge is -2.38. The van der Waals surface area contributed by atoms with Crippen molar-refractivity contribution in [1.29, 1.82) is 0 Å². The van der Waals surface area contributed by atoms with Gasteiger partial charge in [0, 0.05) is 13.7 Å². The number of rotatable bonds is 6. The average molecular weight is 272 g/mol. The van der Waals surface area contributed by atoms with Gasteiger partial charge in [0.2, 0.25) is 5.91 Å².